The molecule has 2 amide bonds. The highest BCUT2D eigenvalue weighted by molar-refractivity contribution is 5.96. The minimum Gasteiger partial charge on any atom is -0.352 e. The van der Waals surface area contributed by atoms with Crippen LogP contribution < -0.4 is 4.90 Å². The minimum atomic E-state index is -0.578. The zero-order valence-electron chi connectivity index (χ0n) is 22.5. The van der Waals surface area contributed by atoms with E-state index in [0.717, 1.165) is 22.6 Å². The molecular formula is C32H32FN5O2. The van der Waals surface area contributed by atoms with Crippen molar-refractivity contribution >= 4 is 17.6 Å². The van der Waals surface area contributed by atoms with Gasteiger partial charge in [-0.2, -0.15) is 0 Å². The van der Waals surface area contributed by atoms with Crippen molar-refractivity contribution in [3.63, 3.8) is 0 Å². The Balaban J connectivity index is 1.17. The quantitative estimate of drug-likeness (QED) is 0.311. The molecule has 0 N–H and O–H groups in total. The van der Waals surface area contributed by atoms with Crippen LogP contribution in [0.3, 0.4) is 0 Å². The Labute approximate surface area is 233 Å². The normalized spacial score (nSPS) is 13.2. The molecule has 0 unspecified atom stereocenters. The molecule has 0 atom stereocenters. The fourth-order valence-electron chi connectivity index (χ4n) is 4.89. The van der Waals surface area contributed by atoms with Gasteiger partial charge in [0, 0.05) is 38.3 Å². The average molecular weight is 538 g/mol. The monoisotopic (exact) mass is 537 g/mol. The zero-order chi connectivity index (χ0) is 27.9. The third-order valence-corrected chi connectivity index (χ3v) is 7.11. The fraction of sp³-hybridized carbons (Fsp3) is 0.250. The molecule has 8 heteroatoms. The first kappa shape index (κ1) is 27.0. The molecule has 0 aliphatic carbocycles. The van der Waals surface area contributed by atoms with Gasteiger partial charge in [-0.15, -0.1) is 10.2 Å². The predicted octanol–water partition coefficient (Wildman–Crippen LogP) is 5.15. The summed E-state index contributed by atoms with van der Waals surface area (Å²) in [7, 11) is 0. The number of nitrogens with zero attached hydrogens (tertiary/aromatic N) is 5. The molecule has 0 radical (unpaired) electrons. The number of hydrogen-bond donors (Lipinski definition) is 0. The van der Waals surface area contributed by atoms with E-state index in [4.69, 9.17) is 0 Å². The molecule has 1 aromatic heterocycles. The molecular weight excluding hydrogens is 505 g/mol. The van der Waals surface area contributed by atoms with Crippen molar-refractivity contribution in [2.24, 2.45) is 0 Å². The summed E-state index contributed by atoms with van der Waals surface area (Å²) < 4.78 is 14.2. The van der Waals surface area contributed by atoms with Crippen molar-refractivity contribution in [1.29, 1.82) is 0 Å². The lowest BCUT2D eigenvalue weighted by molar-refractivity contribution is -0.132. The maximum Gasteiger partial charge on any atom is 0.257 e. The molecule has 7 nitrogen and oxygen atoms in total. The van der Waals surface area contributed by atoms with Crippen molar-refractivity contribution in [2.75, 3.05) is 44.2 Å². The molecule has 5 rings (SSSR count). The first-order valence-electron chi connectivity index (χ1n) is 13.6. The number of carbonyl (C=O) groups excluding carboxylic acids is 2. The predicted molar refractivity (Wildman–Crippen MR) is 154 cm³/mol. The number of amides is 2. The van der Waals surface area contributed by atoms with E-state index in [1.807, 2.05) is 37.3 Å². The van der Waals surface area contributed by atoms with Gasteiger partial charge in [0.05, 0.1) is 11.3 Å². The Bertz CT molecular complexity index is 1440. The number of halogens is 1. The largest absolute Gasteiger partial charge is 0.352 e. The first-order chi connectivity index (χ1) is 19.5. The van der Waals surface area contributed by atoms with Gasteiger partial charge in [0.25, 0.3) is 5.91 Å². The van der Waals surface area contributed by atoms with Crippen LogP contribution in [-0.4, -0.2) is 71.1 Å². The minimum absolute atomic E-state index is 0.0114. The van der Waals surface area contributed by atoms with Crippen LogP contribution in [0.1, 0.15) is 23.7 Å². The van der Waals surface area contributed by atoms with Crippen molar-refractivity contribution in [3.05, 3.63) is 102 Å². The third-order valence-electron chi connectivity index (χ3n) is 7.11. The highest BCUT2D eigenvalue weighted by Gasteiger charge is 2.26. The smallest absolute Gasteiger partial charge is 0.257 e. The number of anilines is 1. The summed E-state index contributed by atoms with van der Waals surface area (Å²) in [6, 6.07) is 28.3. The second-order valence-corrected chi connectivity index (χ2v) is 9.79. The first-order valence-corrected chi connectivity index (χ1v) is 13.6. The van der Waals surface area contributed by atoms with Gasteiger partial charge in [-0.05, 0) is 41.8 Å². The van der Waals surface area contributed by atoms with Crippen LogP contribution in [0.25, 0.3) is 22.4 Å². The van der Waals surface area contributed by atoms with Gasteiger partial charge in [0.15, 0.2) is 5.82 Å². The van der Waals surface area contributed by atoms with E-state index in [1.165, 1.54) is 22.6 Å². The van der Waals surface area contributed by atoms with Crippen LogP contribution in [0.4, 0.5) is 10.2 Å². The van der Waals surface area contributed by atoms with E-state index in [2.05, 4.69) is 51.5 Å². The average Bonchev–Trinajstić information content (AvgIpc) is 3.01. The zero-order valence-corrected chi connectivity index (χ0v) is 22.5. The van der Waals surface area contributed by atoms with Crippen LogP contribution in [0.5, 0.6) is 0 Å². The number of aromatic nitrogens is 2. The Morgan fingerprint density at radius 3 is 2.08 bits per heavy atom. The number of carbonyl (C=O) groups is 2. The van der Waals surface area contributed by atoms with E-state index in [0.29, 0.717) is 39.1 Å². The Morgan fingerprint density at radius 1 is 0.775 bits per heavy atom. The number of hydrogen-bond acceptors (Lipinski definition) is 5. The van der Waals surface area contributed by atoms with Crippen molar-refractivity contribution < 1.29 is 14.0 Å². The van der Waals surface area contributed by atoms with Crippen molar-refractivity contribution in [3.8, 4) is 22.4 Å². The SMILES string of the molecule is CCCN(CC(=O)N1CCN(c2ccc(-c3ccc(-c4ccccc4)cc3)nn2)CC1)C(=O)c1ccccc1F. The molecule has 1 aliphatic rings. The van der Waals surface area contributed by atoms with Gasteiger partial charge in [-0.3, -0.25) is 9.59 Å². The number of rotatable bonds is 8. The maximum absolute atomic E-state index is 14.2. The van der Waals surface area contributed by atoms with Gasteiger partial charge < -0.3 is 14.7 Å². The van der Waals surface area contributed by atoms with Crippen LogP contribution in [0.15, 0.2) is 91.0 Å². The molecule has 204 valence electrons. The van der Waals surface area contributed by atoms with Crippen molar-refractivity contribution in [1.82, 2.24) is 20.0 Å². The van der Waals surface area contributed by atoms with Crippen molar-refractivity contribution in [2.45, 2.75) is 13.3 Å². The van der Waals surface area contributed by atoms with Gasteiger partial charge in [-0.1, -0.05) is 73.7 Å². The van der Waals surface area contributed by atoms with Gasteiger partial charge >= 0.3 is 0 Å². The van der Waals surface area contributed by atoms with Crippen LogP contribution in [0, 0.1) is 5.82 Å². The molecule has 2 heterocycles. The summed E-state index contributed by atoms with van der Waals surface area (Å²) in [4.78, 5) is 31.3. The Morgan fingerprint density at radius 2 is 1.43 bits per heavy atom. The van der Waals surface area contributed by atoms with E-state index in [1.54, 1.807) is 17.0 Å². The fourth-order valence-corrected chi connectivity index (χ4v) is 4.89. The summed E-state index contributed by atoms with van der Waals surface area (Å²) in [5, 5.41) is 8.90. The van der Waals surface area contributed by atoms with Crippen LogP contribution in [-0.2, 0) is 4.79 Å². The summed E-state index contributed by atoms with van der Waals surface area (Å²) in [5.41, 5.74) is 4.10. The second-order valence-electron chi connectivity index (χ2n) is 9.79. The lowest BCUT2D eigenvalue weighted by atomic mass is 10.0. The van der Waals surface area contributed by atoms with E-state index < -0.39 is 11.7 Å². The van der Waals surface area contributed by atoms with Crippen LogP contribution >= 0.6 is 0 Å². The molecule has 3 aromatic carbocycles. The van der Waals surface area contributed by atoms with Gasteiger partial charge in [0.2, 0.25) is 5.91 Å². The van der Waals surface area contributed by atoms with E-state index in [9.17, 15) is 14.0 Å². The molecule has 1 aliphatic heterocycles. The van der Waals surface area contributed by atoms with Gasteiger partial charge in [-0.25, -0.2) is 4.39 Å². The molecule has 40 heavy (non-hydrogen) atoms. The molecule has 4 aromatic rings. The Hall–Kier alpha value is -4.59. The second kappa shape index (κ2) is 12.5. The van der Waals surface area contributed by atoms with E-state index in [-0.39, 0.29) is 18.0 Å². The lowest BCUT2D eigenvalue weighted by Crippen LogP contribution is -2.52. The summed E-state index contributed by atoms with van der Waals surface area (Å²) in [6.45, 7) is 4.49. The number of benzene rings is 3. The Kier molecular flexibility index (Phi) is 8.44. The highest BCUT2D eigenvalue weighted by Crippen LogP contribution is 2.24. The summed E-state index contributed by atoms with van der Waals surface area (Å²) >= 11 is 0. The molecule has 1 saturated heterocycles. The molecule has 0 spiro atoms. The maximum atomic E-state index is 14.2. The van der Waals surface area contributed by atoms with E-state index >= 15 is 0 Å². The molecule has 1 fully saturated rings. The standard InChI is InChI=1S/C32H32FN5O2/c1-2-18-38(32(40)27-10-6-7-11-28(27)33)23-31(39)37-21-19-36(20-22-37)30-17-16-29(34-35-30)26-14-12-25(13-15-26)24-8-4-3-5-9-24/h3-17H,2,18-23H2,1H3. The number of piperazine rings is 1. The molecule has 0 bridgehead atoms. The lowest BCUT2D eigenvalue weighted by Gasteiger charge is -2.36. The highest BCUT2D eigenvalue weighted by atomic mass is 19.1. The third kappa shape index (κ3) is 6.17. The topological polar surface area (TPSA) is 69.6 Å². The van der Waals surface area contributed by atoms with Crippen LogP contribution in [0.2, 0.25) is 0 Å². The summed E-state index contributed by atoms with van der Waals surface area (Å²) in [5.74, 6) is -0.416. The van der Waals surface area contributed by atoms with Gasteiger partial charge in [0.1, 0.15) is 12.4 Å². The summed E-state index contributed by atoms with van der Waals surface area (Å²) in [6.07, 6.45) is 0.674. The molecule has 0 saturated carbocycles.